The number of anilines is 3. The quantitative estimate of drug-likeness (QED) is 0.157. The number of benzene rings is 9. The molecule has 0 amide bonds. The molecule has 0 saturated heterocycles. The molecule has 54 heavy (non-hydrogen) atoms. The van der Waals surface area contributed by atoms with E-state index in [1.165, 1.54) is 77.2 Å². The highest BCUT2D eigenvalue weighted by atomic mass is 15.1. The number of rotatable bonds is 6. The normalized spacial score (nSPS) is 12.8. The van der Waals surface area contributed by atoms with E-state index in [9.17, 15) is 0 Å². The smallest absolute Gasteiger partial charge is 0.0546 e. The summed E-state index contributed by atoms with van der Waals surface area (Å²) in [4.78, 5) is 2.49. The van der Waals surface area contributed by atoms with E-state index in [4.69, 9.17) is 0 Å². The van der Waals surface area contributed by atoms with Crippen molar-refractivity contribution in [2.75, 3.05) is 4.90 Å². The van der Waals surface area contributed by atoms with Crippen LogP contribution < -0.4 is 4.90 Å². The Morgan fingerprint density at radius 1 is 0.352 bits per heavy atom. The van der Waals surface area contributed by atoms with Gasteiger partial charge < -0.3 is 4.90 Å². The van der Waals surface area contributed by atoms with E-state index in [0.717, 1.165) is 17.1 Å². The topological polar surface area (TPSA) is 3.24 Å². The molecule has 256 valence electrons. The fraction of sp³-hybridized carbons (Fsp3) is 0.0566. The third-order valence-corrected chi connectivity index (χ3v) is 11.5. The van der Waals surface area contributed by atoms with Gasteiger partial charge in [-0.1, -0.05) is 184 Å². The summed E-state index contributed by atoms with van der Waals surface area (Å²) in [6.07, 6.45) is 0. The van der Waals surface area contributed by atoms with Crippen molar-refractivity contribution in [2.24, 2.45) is 0 Å². The van der Waals surface area contributed by atoms with E-state index in [1.807, 2.05) is 0 Å². The lowest BCUT2D eigenvalue weighted by molar-refractivity contribution is 0.660. The molecule has 0 heterocycles. The molecule has 0 spiro atoms. The molecule has 0 unspecified atom stereocenters. The van der Waals surface area contributed by atoms with E-state index < -0.39 is 0 Å². The summed E-state index contributed by atoms with van der Waals surface area (Å²) in [6.45, 7) is 4.70. The molecule has 1 aliphatic rings. The van der Waals surface area contributed by atoms with Gasteiger partial charge in [-0.2, -0.15) is 0 Å². The highest BCUT2D eigenvalue weighted by Crippen LogP contribution is 2.52. The summed E-state index contributed by atoms with van der Waals surface area (Å²) >= 11 is 0. The summed E-state index contributed by atoms with van der Waals surface area (Å²) in [5.74, 6) is 0. The molecule has 0 N–H and O–H groups in total. The zero-order chi connectivity index (χ0) is 36.2. The van der Waals surface area contributed by atoms with Gasteiger partial charge in [-0.3, -0.25) is 0 Å². The molecule has 0 atom stereocenters. The van der Waals surface area contributed by atoms with E-state index in [2.05, 4.69) is 219 Å². The van der Waals surface area contributed by atoms with Gasteiger partial charge in [-0.05, 0) is 96.6 Å². The zero-order valence-corrected chi connectivity index (χ0v) is 30.5. The van der Waals surface area contributed by atoms with Gasteiger partial charge in [0.15, 0.2) is 0 Å². The van der Waals surface area contributed by atoms with Crippen molar-refractivity contribution in [2.45, 2.75) is 19.3 Å². The van der Waals surface area contributed by atoms with E-state index in [-0.39, 0.29) is 5.41 Å². The molecule has 0 bridgehead atoms. The van der Waals surface area contributed by atoms with E-state index in [1.54, 1.807) is 0 Å². The maximum atomic E-state index is 2.49. The van der Waals surface area contributed by atoms with E-state index >= 15 is 0 Å². The number of nitrogens with zero attached hydrogens (tertiary/aromatic N) is 1. The second-order valence-electron chi connectivity index (χ2n) is 14.9. The first-order valence-electron chi connectivity index (χ1n) is 18.9. The van der Waals surface area contributed by atoms with Gasteiger partial charge in [0.2, 0.25) is 0 Å². The van der Waals surface area contributed by atoms with Gasteiger partial charge in [0.05, 0.1) is 11.4 Å². The van der Waals surface area contributed by atoms with Crippen molar-refractivity contribution in [3.8, 4) is 44.5 Å². The van der Waals surface area contributed by atoms with Crippen LogP contribution in [0.2, 0.25) is 0 Å². The highest BCUT2D eigenvalue weighted by Gasteiger charge is 2.35. The molecular formula is C53H39N. The maximum Gasteiger partial charge on any atom is 0.0546 e. The third kappa shape index (κ3) is 5.16. The Labute approximate surface area is 317 Å². The van der Waals surface area contributed by atoms with Crippen LogP contribution in [0.3, 0.4) is 0 Å². The molecular weight excluding hydrogens is 651 g/mol. The van der Waals surface area contributed by atoms with Crippen LogP contribution in [0.25, 0.3) is 66.1 Å². The van der Waals surface area contributed by atoms with Crippen LogP contribution in [0.1, 0.15) is 25.0 Å². The molecule has 0 radical (unpaired) electrons. The average Bonchev–Trinajstić information content (AvgIpc) is 3.47. The Kier molecular flexibility index (Phi) is 7.56. The number of fused-ring (bicyclic) bond motifs is 6. The van der Waals surface area contributed by atoms with Crippen LogP contribution in [0.15, 0.2) is 200 Å². The third-order valence-electron chi connectivity index (χ3n) is 11.5. The van der Waals surface area contributed by atoms with Crippen molar-refractivity contribution in [1.82, 2.24) is 0 Å². The Hall–Kier alpha value is -6.70. The second kappa shape index (κ2) is 12.8. The average molecular weight is 690 g/mol. The zero-order valence-electron chi connectivity index (χ0n) is 30.5. The minimum absolute atomic E-state index is 0.0472. The first-order valence-corrected chi connectivity index (χ1v) is 18.9. The van der Waals surface area contributed by atoms with Crippen molar-refractivity contribution in [1.29, 1.82) is 0 Å². The lowest BCUT2D eigenvalue weighted by Gasteiger charge is -2.31. The summed E-state index contributed by atoms with van der Waals surface area (Å²) in [5.41, 5.74) is 16.0. The van der Waals surface area contributed by atoms with Crippen LogP contribution in [0.4, 0.5) is 17.1 Å². The molecule has 1 nitrogen and oxygen atoms in total. The Morgan fingerprint density at radius 2 is 0.926 bits per heavy atom. The lowest BCUT2D eigenvalue weighted by Crippen LogP contribution is -2.14. The lowest BCUT2D eigenvalue weighted by atomic mass is 9.82. The van der Waals surface area contributed by atoms with Gasteiger partial charge in [-0.25, -0.2) is 0 Å². The molecule has 10 rings (SSSR count). The summed E-state index contributed by atoms with van der Waals surface area (Å²) in [6, 6.07) is 73.5. The van der Waals surface area contributed by atoms with Gasteiger partial charge in [0, 0.05) is 22.1 Å². The second-order valence-corrected chi connectivity index (χ2v) is 14.9. The maximum absolute atomic E-state index is 2.49. The van der Waals surface area contributed by atoms with Crippen LogP contribution >= 0.6 is 0 Å². The SMILES string of the molecule is CC1(C)c2ccccc2-c2cc(-c3cccc(N(c4ccc(-c5ccccc5)cc4)c4cc5ccccc5c5ccccc45)c3-c3ccccc3)ccc21. The van der Waals surface area contributed by atoms with Crippen LogP contribution in [0.5, 0.6) is 0 Å². The van der Waals surface area contributed by atoms with E-state index in [0.29, 0.717) is 0 Å². The Bertz CT molecular complexity index is 2830. The molecule has 9 aromatic rings. The van der Waals surface area contributed by atoms with Crippen molar-refractivity contribution >= 4 is 38.6 Å². The van der Waals surface area contributed by atoms with Crippen LogP contribution in [-0.4, -0.2) is 0 Å². The van der Waals surface area contributed by atoms with Crippen LogP contribution in [0, 0.1) is 0 Å². The van der Waals surface area contributed by atoms with Gasteiger partial charge in [0.25, 0.3) is 0 Å². The highest BCUT2D eigenvalue weighted by molar-refractivity contribution is 6.15. The summed E-state index contributed by atoms with van der Waals surface area (Å²) in [5, 5.41) is 4.93. The summed E-state index contributed by atoms with van der Waals surface area (Å²) in [7, 11) is 0. The van der Waals surface area contributed by atoms with Crippen molar-refractivity contribution < 1.29 is 0 Å². The molecule has 0 saturated carbocycles. The number of hydrogen-bond donors (Lipinski definition) is 0. The Balaban J connectivity index is 1.25. The molecule has 1 aliphatic carbocycles. The minimum Gasteiger partial charge on any atom is -0.309 e. The molecule has 0 fully saturated rings. The van der Waals surface area contributed by atoms with Gasteiger partial charge in [0.1, 0.15) is 0 Å². The summed E-state index contributed by atoms with van der Waals surface area (Å²) < 4.78 is 0. The number of hydrogen-bond acceptors (Lipinski definition) is 1. The first-order chi connectivity index (χ1) is 26.6. The van der Waals surface area contributed by atoms with Crippen molar-refractivity contribution in [3.63, 3.8) is 0 Å². The van der Waals surface area contributed by atoms with Gasteiger partial charge >= 0.3 is 0 Å². The fourth-order valence-corrected chi connectivity index (χ4v) is 8.82. The minimum atomic E-state index is -0.0472. The fourth-order valence-electron chi connectivity index (χ4n) is 8.82. The molecule has 9 aromatic carbocycles. The largest absolute Gasteiger partial charge is 0.309 e. The Morgan fingerprint density at radius 3 is 1.70 bits per heavy atom. The van der Waals surface area contributed by atoms with Crippen LogP contribution in [-0.2, 0) is 5.41 Å². The predicted molar refractivity (Wildman–Crippen MR) is 230 cm³/mol. The molecule has 1 heteroatoms. The monoisotopic (exact) mass is 689 g/mol. The molecule has 0 aromatic heterocycles. The van der Waals surface area contributed by atoms with Gasteiger partial charge in [-0.15, -0.1) is 0 Å². The first kappa shape index (κ1) is 32.0. The molecule has 0 aliphatic heterocycles. The predicted octanol–water partition coefficient (Wildman–Crippen LogP) is 14.8. The standard InChI is InChI=1S/C53H39N/c1-53(2)48-26-14-13-23-45(48)47-34-40(30-33-49(47)53)43-25-15-27-50(52(43)38-18-7-4-8-19-38)54(41-31-28-37(29-32-41)36-16-5-3-6-17-36)51-35-39-20-9-10-21-42(39)44-22-11-12-24-46(44)51/h3-35H,1-2H3. The van der Waals surface area contributed by atoms with Crippen molar-refractivity contribution in [3.05, 3.63) is 211 Å².